The molecule has 1 saturated heterocycles. The normalized spacial score (nSPS) is 22.1. The summed E-state index contributed by atoms with van der Waals surface area (Å²) in [6, 6.07) is 0. The van der Waals surface area contributed by atoms with Crippen molar-refractivity contribution >= 4 is 17.5 Å². The van der Waals surface area contributed by atoms with E-state index in [1.165, 1.54) is 6.42 Å². The predicted octanol–water partition coefficient (Wildman–Crippen LogP) is 2.86. The number of carbonyl (C=O) groups excluding carboxylic acids is 1. The van der Waals surface area contributed by atoms with E-state index in [0.29, 0.717) is 19.1 Å². The molecule has 0 radical (unpaired) electrons. The molecule has 17 heavy (non-hydrogen) atoms. The summed E-state index contributed by atoms with van der Waals surface area (Å²) in [5.41, 5.74) is 0. The minimum absolute atomic E-state index is 0.124. The first-order valence-electron chi connectivity index (χ1n) is 6.74. The molecule has 0 aromatic rings. The van der Waals surface area contributed by atoms with Crippen LogP contribution in [0.4, 0.5) is 0 Å². The van der Waals surface area contributed by atoms with Crippen LogP contribution in [0.3, 0.4) is 0 Å². The Morgan fingerprint density at radius 1 is 1.53 bits per heavy atom. The molecule has 0 aliphatic carbocycles. The largest absolute Gasteiger partial charge is 0.378 e. The van der Waals surface area contributed by atoms with Crippen LogP contribution < -0.4 is 5.32 Å². The third kappa shape index (κ3) is 6.89. The first-order valence-corrected chi connectivity index (χ1v) is 7.18. The van der Waals surface area contributed by atoms with Gasteiger partial charge in [-0.05, 0) is 38.5 Å². The van der Waals surface area contributed by atoms with Crippen LogP contribution in [0.1, 0.15) is 51.9 Å². The van der Waals surface area contributed by atoms with Crippen LogP contribution in [0.5, 0.6) is 0 Å². The SMILES string of the molecule is CCC(Cl)CCNC(=O)CCC1CCCCO1. The van der Waals surface area contributed by atoms with E-state index in [1.807, 2.05) is 0 Å². The van der Waals surface area contributed by atoms with Crippen molar-refractivity contribution in [1.82, 2.24) is 5.32 Å². The maximum Gasteiger partial charge on any atom is 0.220 e. The van der Waals surface area contributed by atoms with E-state index >= 15 is 0 Å². The molecule has 1 aliphatic heterocycles. The molecular weight excluding hydrogens is 238 g/mol. The average Bonchev–Trinajstić information content (AvgIpc) is 2.37. The summed E-state index contributed by atoms with van der Waals surface area (Å²) < 4.78 is 5.59. The van der Waals surface area contributed by atoms with Crippen LogP contribution in [-0.4, -0.2) is 30.5 Å². The molecule has 1 aliphatic rings. The quantitative estimate of drug-likeness (QED) is 0.716. The monoisotopic (exact) mass is 261 g/mol. The zero-order valence-corrected chi connectivity index (χ0v) is 11.5. The maximum atomic E-state index is 11.5. The maximum absolute atomic E-state index is 11.5. The van der Waals surface area contributed by atoms with E-state index in [2.05, 4.69) is 12.2 Å². The highest BCUT2D eigenvalue weighted by Gasteiger charge is 2.15. The number of alkyl halides is 1. The van der Waals surface area contributed by atoms with Crippen molar-refractivity contribution < 1.29 is 9.53 Å². The molecule has 100 valence electrons. The lowest BCUT2D eigenvalue weighted by Gasteiger charge is -2.22. The Hall–Kier alpha value is -0.280. The van der Waals surface area contributed by atoms with Crippen LogP contribution in [-0.2, 0) is 9.53 Å². The standard InChI is InChI=1S/C13H24ClNO2/c1-2-11(14)8-9-15-13(16)7-6-12-5-3-4-10-17-12/h11-12H,2-10H2,1H3,(H,15,16). The van der Waals surface area contributed by atoms with Gasteiger partial charge in [-0.2, -0.15) is 0 Å². The zero-order chi connectivity index (χ0) is 12.5. The second-order valence-corrected chi connectivity index (χ2v) is 5.29. The molecule has 0 saturated carbocycles. The number of hydrogen-bond donors (Lipinski definition) is 1. The van der Waals surface area contributed by atoms with Gasteiger partial charge >= 0.3 is 0 Å². The van der Waals surface area contributed by atoms with Gasteiger partial charge in [0.05, 0.1) is 6.10 Å². The van der Waals surface area contributed by atoms with Gasteiger partial charge in [-0.1, -0.05) is 6.92 Å². The summed E-state index contributed by atoms with van der Waals surface area (Å²) in [5.74, 6) is 0.124. The second kappa shape index (κ2) is 8.76. The molecule has 1 heterocycles. The van der Waals surface area contributed by atoms with Gasteiger partial charge < -0.3 is 10.1 Å². The molecule has 1 N–H and O–H groups in total. The molecule has 4 heteroatoms. The molecule has 0 aromatic heterocycles. The van der Waals surface area contributed by atoms with Crippen molar-refractivity contribution in [2.24, 2.45) is 0 Å². The molecule has 0 aromatic carbocycles. The summed E-state index contributed by atoms with van der Waals surface area (Å²) in [6.45, 7) is 3.60. The fourth-order valence-electron chi connectivity index (χ4n) is 1.99. The number of rotatable bonds is 7. The molecule has 1 amide bonds. The van der Waals surface area contributed by atoms with Crippen molar-refractivity contribution in [2.75, 3.05) is 13.2 Å². The number of carbonyl (C=O) groups is 1. The van der Waals surface area contributed by atoms with E-state index < -0.39 is 0 Å². The van der Waals surface area contributed by atoms with Crippen LogP contribution in [0, 0.1) is 0 Å². The molecule has 1 rings (SSSR count). The van der Waals surface area contributed by atoms with Gasteiger partial charge in [0.15, 0.2) is 0 Å². The smallest absolute Gasteiger partial charge is 0.220 e. The van der Waals surface area contributed by atoms with Crippen molar-refractivity contribution in [2.45, 2.75) is 63.4 Å². The fourth-order valence-corrected chi connectivity index (χ4v) is 2.10. The Balaban J connectivity index is 2.00. The highest BCUT2D eigenvalue weighted by atomic mass is 35.5. The first kappa shape index (κ1) is 14.8. The van der Waals surface area contributed by atoms with Crippen LogP contribution in [0.15, 0.2) is 0 Å². The molecular formula is C13H24ClNO2. The van der Waals surface area contributed by atoms with Gasteiger partial charge in [0, 0.05) is 24.9 Å². The highest BCUT2D eigenvalue weighted by molar-refractivity contribution is 6.20. The van der Waals surface area contributed by atoms with Gasteiger partial charge in [-0.15, -0.1) is 11.6 Å². The summed E-state index contributed by atoms with van der Waals surface area (Å²) in [7, 11) is 0. The van der Waals surface area contributed by atoms with Crippen molar-refractivity contribution in [3.05, 3.63) is 0 Å². The summed E-state index contributed by atoms with van der Waals surface area (Å²) >= 11 is 5.98. The molecule has 0 bridgehead atoms. The lowest BCUT2D eigenvalue weighted by molar-refractivity contribution is -0.122. The summed E-state index contributed by atoms with van der Waals surface area (Å²) in [5, 5.41) is 3.09. The van der Waals surface area contributed by atoms with Crippen LogP contribution in [0.25, 0.3) is 0 Å². The number of hydrogen-bond acceptors (Lipinski definition) is 2. The average molecular weight is 262 g/mol. The Bertz CT molecular complexity index is 217. The van der Waals surface area contributed by atoms with E-state index in [0.717, 1.165) is 38.7 Å². The first-order chi connectivity index (χ1) is 8.22. The van der Waals surface area contributed by atoms with Gasteiger partial charge in [-0.3, -0.25) is 4.79 Å². The Morgan fingerprint density at radius 3 is 3.00 bits per heavy atom. The molecule has 3 nitrogen and oxygen atoms in total. The summed E-state index contributed by atoms with van der Waals surface area (Å²) in [4.78, 5) is 11.5. The number of halogens is 1. The molecule has 2 atom stereocenters. The second-order valence-electron chi connectivity index (χ2n) is 4.67. The van der Waals surface area contributed by atoms with Crippen molar-refractivity contribution in [3.8, 4) is 0 Å². The molecule has 1 fully saturated rings. The van der Waals surface area contributed by atoms with Gasteiger partial charge in [0.25, 0.3) is 0 Å². The van der Waals surface area contributed by atoms with Crippen LogP contribution >= 0.6 is 11.6 Å². The highest BCUT2D eigenvalue weighted by Crippen LogP contribution is 2.16. The Labute approximate surface area is 109 Å². The molecule has 0 spiro atoms. The third-order valence-electron chi connectivity index (χ3n) is 3.19. The number of ether oxygens (including phenoxy) is 1. The lowest BCUT2D eigenvalue weighted by Crippen LogP contribution is -2.28. The summed E-state index contributed by atoms with van der Waals surface area (Å²) in [6.07, 6.45) is 7.02. The lowest BCUT2D eigenvalue weighted by atomic mass is 10.0. The Kier molecular flexibility index (Phi) is 7.62. The number of nitrogens with one attached hydrogen (secondary N) is 1. The van der Waals surface area contributed by atoms with E-state index in [-0.39, 0.29) is 11.3 Å². The minimum atomic E-state index is 0.124. The van der Waals surface area contributed by atoms with Crippen molar-refractivity contribution in [1.29, 1.82) is 0 Å². The molecule has 2 unspecified atom stereocenters. The fraction of sp³-hybridized carbons (Fsp3) is 0.923. The van der Waals surface area contributed by atoms with Gasteiger partial charge in [0.1, 0.15) is 0 Å². The van der Waals surface area contributed by atoms with E-state index in [1.54, 1.807) is 0 Å². The number of amides is 1. The topological polar surface area (TPSA) is 38.3 Å². The minimum Gasteiger partial charge on any atom is -0.378 e. The van der Waals surface area contributed by atoms with Crippen LogP contribution in [0.2, 0.25) is 0 Å². The van der Waals surface area contributed by atoms with Crippen molar-refractivity contribution in [3.63, 3.8) is 0 Å². The Morgan fingerprint density at radius 2 is 2.35 bits per heavy atom. The van der Waals surface area contributed by atoms with E-state index in [9.17, 15) is 4.79 Å². The third-order valence-corrected chi connectivity index (χ3v) is 3.72. The van der Waals surface area contributed by atoms with Gasteiger partial charge in [-0.25, -0.2) is 0 Å². The predicted molar refractivity (Wildman–Crippen MR) is 70.4 cm³/mol. The van der Waals surface area contributed by atoms with E-state index in [4.69, 9.17) is 16.3 Å². The zero-order valence-electron chi connectivity index (χ0n) is 10.7. The van der Waals surface area contributed by atoms with Gasteiger partial charge in [0.2, 0.25) is 5.91 Å².